The summed E-state index contributed by atoms with van der Waals surface area (Å²) in [4.78, 5) is 16.0. The highest BCUT2D eigenvalue weighted by Crippen LogP contribution is 2.27. The standard InChI is InChI=1S/C18H19N3O4S2/c1-11-17(27-21-20-11)18-19-15(12(2)25-18)6-7-24-14-5-3-4-13(8-14)9-26-10-16(22)23/h3-5,8H,6-7,9-10H2,1-2H3,(H,22,23). The molecule has 3 aromatic rings. The molecule has 0 aliphatic carbocycles. The SMILES string of the molecule is Cc1nnsc1-c1nc(CCOc2cccc(CSCC(=O)O)c2)c(C)o1. The van der Waals surface area contributed by atoms with Gasteiger partial charge in [-0.05, 0) is 43.1 Å². The van der Waals surface area contributed by atoms with Crippen LogP contribution in [0.5, 0.6) is 5.75 Å². The van der Waals surface area contributed by atoms with E-state index in [0.29, 0.717) is 24.7 Å². The molecule has 0 saturated heterocycles. The van der Waals surface area contributed by atoms with Crippen molar-refractivity contribution in [2.24, 2.45) is 0 Å². The molecule has 1 aromatic carbocycles. The molecule has 0 fully saturated rings. The summed E-state index contributed by atoms with van der Waals surface area (Å²) in [5.74, 6) is 1.99. The lowest BCUT2D eigenvalue weighted by Gasteiger charge is -2.07. The number of hydrogen-bond donors (Lipinski definition) is 1. The summed E-state index contributed by atoms with van der Waals surface area (Å²) in [7, 11) is 0. The molecule has 2 heterocycles. The van der Waals surface area contributed by atoms with Crippen LogP contribution in [0, 0.1) is 13.8 Å². The van der Waals surface area contributed by atoms with Gasteiger partial charge >= 0.3 is 5.97 Å². The zero-order chi connectivity index (χ0) is 19.2. The number of ether oxygens (including phenoxy) is 1. The molecule has 0 radical (unpaired) electrons. The molecule has 9 heteroatoms. The maximum atomic E-state index is 10.6. The fourth-order valence-electron chi connectivity index (χ4n) is 2.43. The summed E-state index contributed by atoms with van der Waals surface area (Å²) in [6.45, 7) is 4.23. The quantitative estimate of drug-likeness (QED) is 0.575. The molecule has 27 heavy (non-hydrogen) atoms. The molecule has 3 rings (SSSR count). The molecule has 0 atom stereocenters. The Morgan fingerprint density at radius 1 is 1.37 bits per heavy atom. The first-order chi connectivity index (χ1) is 13.0. The Labute approximate surface area is 164 Å². The van der Waals surface area contributed by atoms with Crippen molar-refractivity contribution in [2.75, 3.05) is 12.4 Å². The van der Waals surface area contributed by atoms with Crippen molar-refractivity contribution in [2.45, 2.75) is 26.0 Å². The maximum Gasteiger partial charge on any atom is 0.313 e. The van der Waals surface area contributed by atoms with Crippen LogP contribution in [-0.2, 0) is 17.0 Å². The number of nitrogens with zero attached hydrogens (tertiary/aromatic N) is 3. The molecule has 7 nitrogen and oxygen atoms in total. The van der Waals surface area contributed by atoms with Crippen molar-refractivity contribution in [3.8, 4) is 16.5 Å². The molecule has 0 unspecified atom stereocenters. The molecule has 0 aliphatic rings. The van der Waals surface area contributed by atoms with E-state index in [1.165, 1.54) is 23.3 Å². The number of carboxylic acids is 1. The Morgan fingerprint density at radius 3 is 2.96 bits per heavy atom. The molecule has 0 spiro atoms. The predicted octanol–water partition coefficient (Wildman–Crippen LogP) is 3.75. The van der Waals surface area contributed by atoms with E-state index >= 15 is 0 Å². The van der Waals surface area contributed by atoms with E-state index in [4.69, 9.17) is 14.3 Å². The van der Waals surface area contributed by atoms with Crippen molar-refractivity contribution in [3.63, 3.8) is 0 Å². The van der Waals surface area contributed by atoms with Gasteiger partial charge in [-0.25, -0.2) is 4.98 Å². The average molecular weight is 406 g/mol. The van der Waals surface area contributed by atoms with Gasteiger partial charge in [0.1, 0.15) is 16.4 Å². The van der Waals surface area contributed by atoms with Crippen LogP contribution in [-0.4, -0.2) is 38.0 Å². The van der Waals surface area contributed by atoms with Gasteiger partial charge in [-0.2, -0.15) is 0 Å². The van der Waals surface area contributed by atoms with E-state index in [-0.39, 0.29) is 5.75 Å². The van der Waals surface area contributed by atoms with Crippen LogP contribution in [0.15, 0.2) is 28.7 Å². The number of hydrogen-bond acceptors (Lipinski definition) is 8. The first kappa shape index (κ1) is 19.4. The van der Waals surface area contributed by atoms with Crippen LogP contribution in [0.1, 0.15) is 22.7 Å². The minimum Gasteiger partial charge on any atom is -0.493 e. The minimum absolute atomic E-state index is 0.0909. The van der Waals surface area contributed by atoms with E-state index in [0.717, 1.165) is 33.3 Å². The van der Waals surface area contributed by atoms with E-state index in [1.54, 1.807) is 0 Å². The fourth-order valence-corrected chi connectivity index (χ4v) is 3.71. The molecule has 2 aromatic heterocycles. The summed E-state index contributed by atoms with van der Waals surface area (Å²) >= 11 is 2.63. The van der Waals surface area contributed by atoms with Gasteiger partial charge in [0.25, 0.3) is 0 Å². The van der Waals surface area contributed by atoms with Crippen LogP contribution >= 0.6 is 23.3 Å². The van der Waals surface area contributed by atoms with Gasteiger partial charge in [0.2, 0.25) is 5.89 Å². The number of benzene rings is 1. The first-order valence-corrected chi connectivity index (χ1v) is 10.2. The van der Waals surface area contributed by atoms with Gasteiger partial charge < -0.3 is 14.3 Å². The number of thioether (sulfide) groups is 1. The fraction of sp³-hybridized carbons (Fsp3) is 0.333. The van der Waals surface area contributed by atoms with Gasteiger partial charge in [-0.15, -0.1) is 16.9 Å². The van der Waals surface area contributed by atoms with Crippen LogP contribution in [0.2, 0.25) is 0 Å². The van der Waals surface area contributed by atoms with Gasteiger partial charge in [0.05, 0.1) is 23.7 Å². The third-order valence-electron chi connectivity index (χ3n) is 3.74. The second-order valence-electron chi connectivity index (χ2n) is 5.84. The van der Waals surface area contributed by atoms with Gasteiger partial charge in [0.15, 0.2) is 0 Å². The van der Waals surface area contributed by atoms with Crippen molar-refractivity contribution in [1.82, 2.24) is 14.6 Å². The molecular weight excluding hydrogens is 386 g/mol. The smallest absolute Gasteiger partial charge is 0.313 e. The Hall–Kier alpha value is -2.39. The molecule has 0 amide bonds. The van der Waals surface area contributed by atoms with E-state index < -0.39 is 5.97 Å². The summed E-state index contributed by atoms with van der Waals surface area (Å²) in [5.41, 5.74) is 2.69. The summed E-state index contributed by atoms with van der Waals surface area (Å²) in [5, 5.41) is 12.7. The lowest BCUT2D eigenvalue weighted by atomic mass is 10.2. The van der Waals surface area contributed by atoms with E-state index in [2.05, 4.69) is 14.6 Å². The van der Waals surface area contributed by atoms with Crippen LogP contribution in [0.4, 0.5) is 0 Å². The lowest BCUT2D eigenvalue weighted by Crippen LogP contribution is -2.03. The lowest BCUT2D eigenvalue weighted by molar-refractivity contribution is -0.133. The van der Waals surface area contributed by atoms with Crippen molar-refractivity contribution in [3.05, 3.63) is 47.0 Å². The van der Waals surface area contributed by atoms with Crippen LogP contribution in [0.25, 0.3) is 10.8 Å². The molecule has 0 aliphatic heterocycles. The summed E-state index contributed by atoms with van der Waals surface area (Å²) in [6, 6.07) is 7.69. The molecule has 142 valence electrons. The Morgan fingerprint density at radius 2 is 2.22 bits per heavy atom. The average Bonchev–Trinajstić information content (AvgIpc) is 3.21. The zero-order valence-electron chi connectivity index (χ0n) is 15.0. The highest BCUT2D eigenvalue weighted by molar-refractivity contribution is 7.99. The third-order valence-corrected chi connectivity index (χ3v) is 5.54. The second kappa shape index (κ2) is 9.01. The minimum atomic E-state index is -0.806. The topological polar surface area (TPSA) is 98.3 Å². The van der Waals surface area contributed by atoms with Crippen molar-refractivity contribution >= 4 is 29.3 Å². The number of aryl methyl sites for hydroxylation is 2. The number of carboxylic acid groups (broad SMARTS) is 1. The van der Waals surface area contributed by atoms with Crippen molar-refractivity contribution < 1.29 is 19.1 Å². The number of aromatic nitrogens is 3. The van der Waals surface area contributed by atoms with E-state index in [1.807, 2.05) is 38.1 Å². The number of oxazole rings is 1. The van der Waals surface area contributed by atoms with E-state index in [9.17, 15) is 4.79 Å². The van der Waals surface area contributed by atoms with Gasteiger partial charge in [-0.3, -0.25) is 4.79 Å². The normalized spacial score (nSPS) is 10.9. The molecule has 1 N–H and O–H groups in total. The number of carbonyl (C=O) groups is 1. The Bertz CT molecular complexity index is 923. The maximum absolute atomic E-state index is 10.6. The van der Waals surface area contributed by atoms with Gasteiger partial charge in [0, 0.05) is 12.2 Å². The molecule has 0 saturated carbocycles. The van der Waals surface area contributed by atoms with Crippen LogP contribution < -0.4 is 4.74 Å². The largest absolute Gasteiger partial charge is 0.493 e. The zero-order valence-corrected chi connectivity index (χ0v) is 16.6. The Kier molecular flexibility index (Phi) is 6.46. The number of rotatable bonds is 9. The van der Waals surface area contributed by atoms with Gasteiger partial charge in [-0.1, -0.05) is 16.6 Å². The number of aliphatic carboxylic acids is 1. The first-order valence-electron chi connectivity index (χ1n) is 8.30. The molecular formula is C18H19N3O4S2. The van der Waals surface area contributed by atoms with Crippen molar-refractivity contribution in [1.29, 1.82) is 0 Å². The summed E-state index contributed by atoms with van der Waals surface area (Å²) < 4.78 is 15.5. The third kappa shape index (κ3) is 5.30. The van der Waals surface area contributed by atoms with Crippen LogP contribution in [0.3, 0.4) is 0 Å². The summed E-state index contributed by atoms with van der Waals surface area (Å²) in [6.07, 6.45) is 0.624. The highest BCUT2D eigenvalue weighted by Gasteiger charge is 2.16. The highest BCUT2D eigenvalue weighted by atomic mass is 32.2. The molecule has 0 bridgehead atoms. The monoisotopic (exact) mass is 405 g/mol. The Balaban J connectivity index is 1.55. The predicted molar refractivity (Wildman–Crippen MR) is 104 cm³/mol. The second-order valence-corrected chi connectivity index (χ2v) is 7.58.